The van der Waals surface area contributed by atoms with Crippen LogP contribution in [0.5, 0.6) is 5.75 Å². The highest BCUT2D eigenvalue weighted by atomic mass is 35.5. The number of halogens is 1. The van der Waals surface area contributed by atoms with Crippen LogP contribution in [-0.4, -0.2) is 22.3 Å². The lowest BCUT2D eigenvalue weighted by Crippen LogP contribution is -2.24. The molecule has 6 heteroatoms. The van der Waals surface area contributed by atoms with Gasteiger partial charge in [0.05, 0.1) is 24.4 Å². The van der Waals surface area contributed by atoms with Gasteiger partial charge in [-0.05, 0) is 32.4 Å². The maximum Gasteiger partial charge on any atom is 0.256 e. The maximum absolute atomic E-state index is 12.7. The zero-order chi connectivity index (χ0) is 20.1. The molecule has 0 radical (unpaired) electrons. The van der Waals surface area contributed by atoms with Crippen molar-refractivity contribution in [3.05, 3.63) is 81.6 Å². The molecule has 1 heterocycles. The molecule has 1 amide bonds. The van der Waals surface area contributed by atoms with Crippen molar-refractivity contribution in [1.82, 2.24) is 15.1 Å². The van der Waals surface area contributed by atoms with Crippen molar-refractivity contribution >= 4 is 17.5 Å². The molecule has 0 bridgehead atoms. The van der Waals surface area contributed by atoms with Crippen molar-refractivity contribution in [3.63, 3.8) is 0 Å². The van der Waals surface area contributed by atoms with Crippen molar-refractivity contribution in [2.45, 2.75) is 33.9 Å². The minimum absolute atomic E-state index is 0.246. The van der Waals surface area contributed by atoms with Gasteiger partial charge in [-0.25, -0.2) is 4.68 Å². The highest BCUT2D eigenvalue weighted by Gasteiger charge is 2.20. The molecular formula is C22H24ClN3O2. The fourth-order valence-electron chi connectivity index (χ4n) is 2.99. The summed E-state index contributed by atoms with van der Waals surface area (Å²) in [5.74, 6) is 0.521. The lowest BCUT2D eigenvalue weighted by molar-refractivity contribution is 0.0950. The molecule has 146 valence electrons. The molecule has 3 aromatic rings. The van der Waals surface area contributed by atoms with Gasteiger partial charge in [0.2, 0.25) is 0 Å². The van der Waals surface area contributed by atoms with Crippen LogP contribution in [0, 0.1) is 13.8 Å². The number of nitrogens with zero attached hydrogens (tertiary/aromatic N) is 2. The van der Waals surface area contributed by atoms with E-state index in [0.29, 0.717) is 36.1 Å². The number of nitrogens with one attached hydrogen (secondary N) is 1. The summed E-state index contributed by atoms with van der Waals surface area (Å²) in [4.78, 5) is 12.7. The van der Waals surface area contributed by atoms with E-state index in [-0.39, 0.29) is 5.91 Å². The fraction of sp³-hybridized carbons (Fsp3) is 0.273. The first kappa shape index (κ1) is 20.0. The predicted octanol–water partition coefficient (Wildman–Crippen LogP) is 4.53. The lowest BCUT2D eigenvalue weighted by Gasteiger charge is -2.11. The van der Waals surface area contributed by atoms with Crippen LogP contribution in [-0.2, 0) is 13.1 Å². The summed E-state index contributed by atoms with van der Waals surface area (Å²) in [7, 11) is 0. The van der Waals surface area contributed by atoms with Gasteiger partial charge in [0, 0.05) is 12.1 Å². The number of hydrogen-bond donors (Lipinski definition) is 1. The van der Waals surface area contributed by atoms with Crippen LogP contribution in [0.3, 0.4) is 0 Å². The number of ether oxygens (including phenoxy) is 1. The van der Waals surface area contributed by atoms with E-state index >= 15 is 0 Å². The number of carbonyl (C=O) groups is 1. The van der Waals surface area contributed by atoms with Crippen molar-refractivity contribution in [1.29, 1.82) is 0 Å². The summed E-state index contributed by atoms with van der Waals surface area (Å²) in [5.41, 5.74) is 4.19. The first-order valence-electron chi connectivity index (χ1n) is 9.27. The average molecular weight is 398 g/mol. The number of amides is 1. The normalized spacial score (nSPS) is 10.7. The second kappa shape index (κ2) is 8.93. The topological polar surface area (TPSA) is 56.1 Å². The molecule has 0 aliphatic heterocycles. The maximum atomic E-state index is 12.7. The van der Waals surface area contributed by atoms with Crippen LogP contribution >= 0.6 is 11.6 Å². The number of carbonyl (C=O) groups excluding carboxylic acids is 1. The van der Waals surface area contributed by atoms with E-state index in [1.807, 2.05) is 62.4 Å². The largest absolute Gasteiger partial charge is 0.494 e. The monoisotopic (exact) mass is 397 g/mol. The van der Waals surface area contributed by atoms with E-state index in [9.17, 15) is 4.79 Å². The minimum Gasteiger partial charge on any atom is -0.494 e. The van der Waals surface area contributed by atoms with Crippen LogP contribution in [0.2, 0.25) is 5.15 Å². The highest BCUT2D eigenvalue weighted by molar-refractivity contribution is 6.33. The number of aryl methyl sites for hydroxylation is 2. The highest BCUT2D eigenvalue weighted by Crippen LogP contribution is 2.22. The Bertz CT molecular complexity index is 964. The van der Waals surface area contributed by atoms with Crippen molar-refractivity contribution in [2.75, 3.05) is 6.61 Å². The Labute approximate surface area is 170 Å². The summed E-state index contributed by atoms with van der Waals surface area (Å²) in [6.07, 6.45) is 0. The number of hydrogen-bond acceptors (Lipinski definition) is 3. The molecule has 0 spiro atoms. The third kappa shape index (κ3) is 4.54. The van der Waals surface area contributed by atoms with Gasteiger partial charge in [-0.3, -0.25) is 4.79 Å². The first-order valence-corrected chi connectivity index (χ1v) is 9.64. The van der Waals surface area contributed by atoms with Gasteiger partial charge >= 0.3 is 0 Å². The van der Waals surface area contributed by atoms with Crippen LogP contribution in [0.1, 0.15) is 39.7 Å². The standard InChI is InChI=1S/C22H24ClN3O2/c1-4-28-19-8-6-5-7-18(19)13-24-22(27)20-16(3)25-26(21(20)23)14-17-11-9-15(2)10-12-17/h5-12H,4,13-14H2,1-3H3,(H,24,27). The molecule has 0 unspecified atom stereocenters. The van der Waals surface area contributed by atoms with Gasteiger partial charge < -0.3 is 10.1 Å². The molecule has 1 aromatic heterocycles. The molecule has 0 aliphatic rings. The SMILES string of the molecule is CCOc1ccccc1CNC(=O)c1c(C)nn(Cc2ccc(C)cc2)c1Cl. The third-order valence-electron chi connectivity index (χ3n) is 4.46. The van der Waals surface area contributed by atoms with Crippen molar-refractivity contribution in [2.24, 2.45) is 0 Å². The Morgan fingerprint density at radius 2 is 1.86 bits per heavy atom. The molecule has 28 heavy (non-hydrogen) atoms. The zero-order valence-corrected chi connectivity index (χ0v) is 17.1. The summed E-state index contributed by atoms with van der Waals surface area (Å²) in [5, 5.41) is 7.72. The van der Waals surface area contributed by atoms with Gasteiger partial charge in [0.1, 0.15) is 10.9 Å². The molecular weight excluding hydrogens is 374 g/mol. The van der Waals surface area contributed by atoms with E-state index in [0.717, 1.165) is 16.9 Å². The summed E-state index contributed by atoms with van der Waals surface area (Å²) >= 11 is 6.48. The Morgan fingerprint density at radius 1 is 1.14 bits per heavy atom. The van der Waals surface area contributed by atoms with Gasteiger partial charge in [-0.2, -0.15) is 5.10 Å². The summed E-state index contributed by atoms with van der Waals surface area (Å²) in [6, 6.07) is 15.8. The van der Waals surface area contributed by atoms with E-state index in [4.69, 9.17) is 16.3 Å². The predicted molar refractivity (Wildman–Crippen MR) is 111 cm³/mol. The number of rotatable bonds is 7. The molecule has 0 fully saturated rings. The first-order chi connectivity index (χ1) is 13.5. The molecule has 0 atom stereocenters. The Kier molecular flexibility index (Phi) is 6.37. The molecule has 1 N–H and O–H groups in total. The van der Waals surface area contributed by atoms with Crippen molar-refractivity contribution in [3.8, 4) is 5.75 Å². The van der Waals surface area contributed by atoms with E-state index in [2.05, 4.69) is 10.4 Å². The Balaban J connectivity index is 1.74. The Morgan fingerprint density at radius 3 is 2.57 bits per heavy atom. The molecule has 0 aliphatic carbocycles. The smallest absolute Gasteiger partial charge is 0.256 e. The molecule has 0 saturated carbocycles. The van der Waals surface area contributed by atoms with Gasteiger partial charge in [-0.15, -0.1) is 0 Å². The van der Waals surface area contributed by atoms with Crippen molar-refractivity contribution < 1.29 is 9.53 Å². The van der Waals surface area contributed by atoms with Crippen LogP contribution in [0.15, 0.2) is 48.5 Å². The molecule has 3 rings (SSSR count). The molecule has 5 nitrogen and oxygen atoms in total. The summed E-state index contributed by atoms with van der Waals surface area (Å²) < 4.78 is 7.26. The summed E-state index contributed by atoms with van der Waals surface area (Å²) in [6.45, 7) is 7.21. The third-order valence-corrected chi connectivity index (χ3v) is 4.84. The number of aromatic nitrogens is 2. The fourth-order valence-corrected chi connectivity index (χ4v) is 3.31. The zero-order valence-electron chi connectivity index (χ0n) is 16.3. The molecule has 2 aromatic carbocycles. The van der Waals surface area contributed by atoms with Gasteiger partial charge in [0.15, 0.2) is 0 Å². The van der Waals surface area contributed by atoms with Crippen LogP contribution in [0.25, 0.3) is 0 Å². The second-order valence-electron chi connectivity index (χ2n) is 6.62. The lowest BCUT2D eigenvalue weighted by atomic mass is 10.1. The van der Waals surface area contributed by atoms with Crippen LogP contribution in [0.4, 0.5) is 0 Å². The van der Waals surface area contributed by atoms with Gasteiger partial charge in [-0.1, -0.05) is 59.6 Å². The van der Waals surface area contributed by atoms with Crippen LogP contribution < -0.4 is 10.1 Å². The number of para-hydroxylation sites is 1. The Hall–Kier alpha value is -2.79. The quantitative estimate of drug-likeness (QED) is 0.637. The molecule has 0 saturated heterocycles. The second-order valence-corrected chi connectivity index (χ2v) is 6.98. The minimum atomic E-state index is -0.246. The van der Waals surface area contributed by atoms with Gasteiger partial charge in [0.25, 0.3) is 5.91 Å². The van der Waals surface area contributed by atoms with E-state index < -0.39 is 0 Å². The number of benzene rings is 2. The van der Waals surface area contributed by atoms with E-state index in [1.165, 1.54) is 5.56 Å². The average Bonchev–Trinajstić information content (AvgIpc) is 2.96. The van der Waals surface area contributed by atoms with E-state index in [1.54, 1.807) is 11.6 Å².